The lowest BCUT2D eigenvalue weighted by Crippen LogP contribution is -2.52. The fourth-order valence-electron chi connectivity index (χ4n) is 4.49. The van der Waals surface area contributed by atoms with Gasteiger partial charge in [-0.3, -0.25) is 19.3 Å². The second kappa shape index (κ2) is 13.0. The van der Waals surface area contributed by atoms with E-state index in [-0.39, 0.29) is 42.4 Å². The smallest absolute Gasteiger partial charge is 0.257 e. The molecule has 0 spiro atoms. The SMILES string of the molecule is CCC(=O)Nc1ccc2c(c1)OC[C@@H](C)N(C(=O)CN1CCOCC1)C[C@@H](C)[C@@H](OC)CN(C)C2=O. The summed E-state index contributed by atoms with van der Waals surface area (Å²) in [7, 11) is 3.36. The molecule has 36 heavy (non-hydrogen) atoms. The molecule has 0 bridgehead atoms. The van der Waals surface area contributed by atoms with Crippen LogP contribution in [0.4, 0.5) is 5.69 Å². The van der Waals surface area contributed by atoms with Gasteiger partial charge in [0.2, 0.25) is 11.8 Å². The fourth-order valence-corrected chi connectivity index (χ4v) is 4.49. The number of carbonyl (C=O) groups excluding carboxylic acids is 3. The summed E-state index contributed by atoms with van der Waals surface area (Å²) in [5.74, 6) is 0.0702. The van der Waals surface area contributed by atoms with Gasteiger partial charge in [-0.15, -0.1) is 0 Å². The molecule has 200 valence electrons. The third-order valence-corrected chi connectivity index (χ3v) is 6.83. The zero-order valence-electron chi connectivity index (χ0n) is 22.1. The van der Waals surface area contributed by atoms with Crippen LogP contribution < -0.4 is 10.1 Å². The highest BCUT2D eigenvalue weighted by Crippen LogP contribution is 2.27. The van der Waals surface area contributed by atoms with Crippen LogP contribution in [0.15, 0.2) is 18.2 Å². The van der Waals surface area contributed by atoms with E-state index in [4.69, 9.17) is 14.2 Å². The average molecular weight is 505 g/mol. The zero-order valence-corrected chi connectivity index (χ0v) is 22.1. The third kappa shape index (κ3) is 7.18. The first kappa shape index (κ1) is 27.9. The molecule has 0 saturated carbocycles. The van der Waals surface area contributed by atoms with Gasteiger partial charge >= 0.3 is 0 Å². The number of rotatable bonds is 5. The van der Waals surface area contributed by atoms with Crippen LogP contribution in [-0.2, 0) is 19.1 Å². The zero-order chi connectivity index (χ0) is 26.2. The normalized spacial score (nSPS) is 24.2. The monoisotopic (exact) mass is 504 g/mol. The number of amides is 3. The maximum Gasteiger partial charge on any atom is 0.257 e. The van der Waals surface area contributed by atoms with Gasteiger partial charge in [0, 0.05) is 64.4 Å². The van der Waals surface area contributed by atoms with Crippen LogP contribution in [-0.4, -0.2) is 111 Å². The van der Waals surface area contributed by atoms with E-state index in [9.17, 15) is 14.4 Å². The molecule has 1 aromatic carbocycles. The average Bonchev–Trinajstić information content (AvgIpc) is 2.88. The topological polar surface area (TPSA) is 101 Å². The van der Waals surface area contributed by atoms with Crippen LogP contribution in [0.5, 0.6) is 5.75 Å². The first-order chi connectivity index (χ1) is 17.2. The van der Waals surface area contributed by atoms with Crippen molar-refractivity contribution in [3.63, 3.8) is 0 Å². The molecule has 0 aliphatic carbocycles. The number of hydrogen-bond acceptors (Lipinski definition) is 7. The summed E-state index contributed by atoms with van der Waals surface area (Å²) in [5.41, 5.74) is 0.952. The first-order valence-corrected chi connectivity index (χ1v) is 12.7. The maximum absolute atomic E-state index is 13.4. The molecule has 10 heteroatoms. The Morgan fingerprint density at radius 1 is 1.17 bits per heavy atom. The molecular formula is C26H40N4O6. The van der Waals surface area contributed by atoms with Gasteiger partial charge in [0.25, 0.3) is 5.91 Å². The van der Waals surface area contributed by atoms with Crippen molar-refractivity contribution >= 4 is 23.4 Å². The van der Waals surface area contributed by atoms with Gasteiger partial charge in [0.1, 0.15) is 12.4 Å². The van der Waals surface area contributed by atoms with Crippen LogP contribution in [0.3, 0.4) is 0 Å². The Kier molecular flexibility index (Phi) is 10.1. The molecule has 0 radical (unpaired) electrons. The molecule has 3 atom stereocenters. The second-order valence-electron chi connectivity index (χ2n) is 9.64. The quantitative estimate of drug-likeness (QED) is 0.651. The summed E-state index contributed by atoms with van der Waals surface area (Å²) in [6, 6.07) is 4.80. The van der Waals surface area contributed by atoms with E-state index in [1.165, 1.54) is 0 Å². The molecular weight excluding hydrogens is 464 g/mol. The Morgan fingerprint density at radius 3 is 2.56 bits per heavy atom. The minimum absolute atomic E-state index is 0.00753. The fraction of sp³-hybridized carbons (Fsp3) is 0.654. The lowest BCUT2D eigenvalue weighted by Gasteiger charge is -2.37. The second-order valence-corrected chi connectivity index (χ2v) is 9.64. The van der Waals surface area contributed by atoms with Crippen molar-refractivity contribution in [3.05, 3.63) is 23.8 Å². The van der Waals surface area contributed by atoms with E-state index < -0.39 is 0 Å². The van der Waals surface area contributed by atoms with Crippen molar-refractivity contribution in [2.45, 2.75) is 39.3 Å². The lowest BCUT2D eigenvalue weighted by molar-refractivity contribution is -0.137. The Morgan fingerprint density at radius 2 is 1.89 bits per heavy atom. The number of methoxy groups -OCH3 is 1. The van der Waals surface area contributed by atoms with Crippen molar-refractivity contribution < 1.29 is 28.6 Å². The minimum Gasteiger partial charge on any atom is -0.491 e. The summed E-state index contributed by atoms with van der Waals surface area (Å²) in [6.45, 7) is 9.85. The van der Waals surface area contributed by atoms with E-state index in [0.29, 0.717) is 56.3 Å². The molecule has 2 heterocycles. The molecule has 3 amide bonds. The molecule has 1 saturated heterocycles. The summed E-state index contributed by atoms with van der Waals surface area (Å²) < 4.78 is 17.3. The number of carbonyl (C=O) groups is 3. The predicted molar refractivity (Wildman–Crippen MR) is 136 cm³/mol. The largest absolute Gasteiger partial charge is 0.491 e. The van der Waals surface area contributed by atoms with E-state index in [1.807, 2.05) is 18.7 Å². The molecule has 3 rings (SSSR count). The standard InChI is InChI=1S/C26H40N4O6/c1-6-24(31)27-20-7-8-21-22(13-20)36-17-19(3)30(25(32)16-29-9-11-35-12-10-29)14-18(2)23(34-5)15-28(4)26(21)33/h7-8,13,18-19,23H,6,9-12,14-17H2,1-5H3,(H,27,31)/t18-,19-,23+/m1/s1. The maximum atomic E-state index is 13.4. The van der Waals surface area contributed by atoms with Crippen molar-refractivity contribution in [2.75, 3.05) is 72.0 Å². The summed E-state index contributed by atoms with van der Waals surface area (Å²) in [6.07, 6.45) is 0.0877. The molecule has 0 aromatic heterocycles. The van der Waals surface area contributed by atoms with Crippen molar-refractivity contribution in [3.8, 4) is 5.75 Å². The van der Waals surface area contributed by atoms with Crippen LogP contribution >= 0.6 is 0 Å². The number of likely N-dealkylation sites (N-methyl/N-ethyl adjacent to an activating group) is 1. The number of ether oxygens (including phenoxy) is 3. The van der Waals surface area contributed by atoms with Crippen LogP contribution in [0.25, 0.3) is 0 Å². The number of fused-ring (bicyclic) bond motifs is 1. The Balaban J connectivity index is 1.89. The first-order valence-electron chi connectivity index (χ1n) is 12.7. The van der Waals surface area contributed by atoms with Gasteiger partial charge in [-0.1, -0.05) is 13.8 Å². The lowest BCUT2D eigenvalue weighted by atomic mass is 10.0. The van der Waals surface area contributed by atoms with Gasteiger partial charge in [-0.25, -0.2) is 0 Å². The van der Waals surface area contributed by atoms with Crippen LogP contribution in [0.1, 0.15) is 37.6 Å². The molecule has 10 nitrogen and oxygen atoms in total. The van der Waals surface area contributed by atoms with E-state index in [1.54, 1.807) is 44.2 Å². The minimum atomic E-state index is -0.253. The number of hydrogen-bond donors (Lipinski definition) is 1. The Hall–Kier alpha value is -2.69. The number of anilines is 1. The summed E-state index contributed by atoms with van der Waals surface area (Å²) in [5, 5.41) is 2.82. The van der Waals surface area contributed by atoms with Crippen molar-refractivity contribution in [1.29, 1.82) is 0 Å². The summed E-state index contributed by atoms with van der Waals surface area (Å²) >= 11 is 0. The van der Waals surface area contributed by atoms with Gasteiger partial charge in [-0.2, -0.15) is 0 Å². The predicted octanol–water partition coefficient (Wildman–Crippen LogP) is 1.70. The summed E-state index contributed by atoms with van der Waals surface area (Å²) in [4.78, 5) is 44.2. The number of nitrogens with zero attached hydrogens (tertiary/aromatic N) is 3. The van der Waals surface area contributed by atoms with E-state index >= 15 is 0 Å². The van der Waals surface area contributed by atoms with Gasteiger partial charge in [-0.05, 0) is 19.1 Å². The van der Waals surface area contributed by atoms with Crippen molar-refractivity contribution in [1.82, 2.24) is 14.7 Å². The van der Waals surface area contributed by atoms with Crippen LogP contribution in [0, 0.1) is 5.92 Å². The van der Waals surface area contributed by atoms with Crippen molar-refractivity contribution in [2.24, 2.45) is 5.92 Å². The number of morpholine rings is 1. The highest BCUT2D eigenvalue weighted by atomic mass is 16.5. The number of nitrogens with one attached hydrogen (secondary N) is 1. The highest BCUT2D eigenvalue weighted by Gasteiger charge is 2.31. The molecule has 1 N–H and O–H groups in total. The Bertz CT molecular complexity index is 920. The third-order valence-electron chi connectivity index (χ3n) is 6.83. The molecule has 2 aliphatic heterocycles. The van der Waals surface area contributed by atoms with E-state index in [0.717, 1.165) is 13.1 Å². The highest BCUT2D eigenvalue weighted by molar-refractivity contribution is 5.98. The van der Waals surface area contributed by atoms with Crippen LogP contribution in [0.2, 0.25) is 0 Å². The van der Waals surface area contributed by atoms with Gasteiger partial charge < -0.3 is 29.3 Å². The molecule has 1 aromatic rings. The van der Waals surface area contributed by atoms with Gasteiger partial charge in [0.15, 0.2) is 0 Å². The molecule has 2 aliphatic rings. The van der Waals surface area contributed by atoms with Gasteiger partial charge in [0.05, 0.1) is 37.5 Å². The Labute approximate surface area is 213 Å². The number of benzene rings is 1. The molecule has 0 unspecified atom stereocenters. The van der Waals surface area contributed by atoms with E-state index in [2.05, 4.69) is 10.2 Å². The molecule has 1 fully saturated rings.